The minimum absolute atomic E-state index is 0.288. The van der Waals surface area contributed by atoms with Gasteiger partial charge in [-0.1, -0.05) is 47.1 Å². The Kier molecular flexibility index (Phi) is 6.30. The number of carbonyl (C=O) groups excluding carboxylic acids is 1. The van der Waals surface area contributed by atoms with E-state index in [9.17, 15) is 9.90 Å². The highest BCUT2D eigenvalue weighted by molar-refractivity contribution is 5.91. The molecule has 0 bridgehead atoms. The van der Waals surface area contributed by atoms with E-state index in [1.165, 1.54) is 37.7 Å². The van der Waals surface area contributed by atoms with Crippen LogP contribution in [0.3, 0.4) is 0 Å². The largest absolute Gasteiger partial charge is 0.390 e. The topological polar surface area (TPSA) is 37.3 Å². The van der Waals surface area contributed by atoms with Crippen molar-refractivity contribution in [2.24, 2.45) is 46.3 Å². The van der Waals surface area contributed by atoms with Crippen LogP contribution in [0, 0.1) is 46.3 Å². The standard InChI is InChI=1S/C29H48O2/c1-7-29(31,19(2)3)17-12-20(4)24-10-11-25-23-9-8-21-18-22(30)13-15-27(21,5)26(23)14-16-28(24,25)6/h18-20,23-26,31H,7-17H2,1-6H3/t20-,23+,24-,25+,26+,27+,28-,29+/m1/s1. The zero-order valence-electron chi connectivity index (χ0n) is 21.2. The van der Waals surface area contributed by atoms with E-state index in [0.717, 1.165) is 62.2 Å². The van der Waals surface area contributed by atoms with Gasteiger partial charge in [0, 0.05) is 6.42 Å². The molecule has 0 radical (unpaired) electrons. The summed E-state index contributed by atoms with van der Waals surface area (Å²) in [6.45, 7) is 14.1. The highest BCUT2D eigenvalue weighted by Gasteiger charge is 2.59. The molecule has 8 atom stereocenters. The molecule has 2 nitrogen and oxygen atoms in total. The normalized spacial score (nSPS) is 43.0. The number of carbonyl (C=O) groups is 1. The second-order valence-corrected chi connectivity index (χ2v) is 12.8. The number of fused-ring (bicyclic) bond motifs is 5. The van der Waals surface area contributed by atoms with Gasteiger partial charge in [0.2, 0.25) is 0 Å². The maximum absolute atomic E-state index is 12.1. The van der Waals surface area contributed by atoms with Crippen molar-refractivity contribution >= 4 is 5.78 Å². The summed E-state index contributed by atoms with van der Waals surface area (Å²) in [5.74, 6) is 4.72. The number of aliphatic hydroxyl groups is 1. The molecular formula is C29H48O2. The summed E-state index contributed by atoms with van der Waals surface area (Å²) < 4.78 is 0. The molecular weight excluding hydrogens is 380 g/mol. The van der Waals surface area contributed by atoms with E-state index in [4.69, 9.17) is 0 Å². The van der Waals surface area contributed by atoms with Gasteiger partial charge in [-0.2, -0.15) is 0 Å². The van der Waals surface area contributed by atoms with E-state index >= 15 is 0 Å². The Morgan fingerprint density at radius 2 is 1.81 bits per heavy atom. The van der Waals surface area contributed by atoms with Crippen LogP contribution in [0.25, 0.3) is 0 Å². The third kappa shape index (κ3) is 3.77. The summed E-state index contributed by atoms with van der Waals surface area (Å²) >= 11 is 0. The highest BCUT2D eigenvalue weighted by atomic mass is 16.3. The lowest BCUT2D eigenvalue weighted by Gasteiger charge is -2.58. The van der Waals surface area contributed by atoms with Crippen LogP contribution >= 0.6 is 0 Å². The molecule has 0 aromatic carbocycles. The van der Waals surface area contributed by atoms with Gasteiger partial charge in [0.1, 0.15) is 0 Å². The number of hydrogen-bond donors (Lipinski definition) is 1. The molecule has 3 fully saturated rings. The van der Waals surface area contributed by atoms with Crippen LogP contribution in [0.1, 0.15) is 112 Å². The van der Waals surface area contributed by atoms with E-state index in [0.29, 0.717) is 23.0 Å². The first-order valence-corrected chi connectivity index (χ1v) is 13.5. The fourth-order valence-corrected chi connectivity index (χ4v) is 9.09. The van der Waals surface area contributed by atoms with Crippen molar-refractivity contribution in [2.75, 3.05) is 0 Å². The summed E-state index contributed by atoms with van der Waals surface area (Å²) in [5, 5.41) is 11.1. The van der Waals surface area contributed by atoms with Crippen molar-refractivity contribution in [2.45, 2.75) is 118 Å². The zero-order valence-corrected chi connectivity index (χ0v) is 21.2. The summed E-state index contributed by atoms with van der Waals surface area (Å²) in [4.78, 5) is 12.1. The molecule has 0 aromatic heterocycles. The van der Waals surface area contributed by atoms with Crippen LogP contribution in [0.2, 0.25) is 0 Å². The van der Waals surface area contributed by atoms with Gasteiger partial charge < -0.3 is 5.11 Å². The summed E-state index contributed by atoms with van der Waals surface area (Å²) in [6, 6.07) is 0. The third-order valence-corrected chi connectivity index (χ3v) is 11.4. The molecule has 0 aliphatic heterocycles. The van der Waals surface area contributed by atoms with Gasteiger partial charge in [0.05, 0.1) is 5.60 Å². The average Bonchev–Trinajstić information content (AvgIpc) is 3.09. The molecule has 0 amide bonds. The minimum Gasteiger partial charge on any atom is -0.390 e. The first-order valence-electron chi connectivity index (χ1n) is 13.5. The van der Waals surface area contributed by atoms with Crippen molar-refractivity contribution in [3.05, 3.63) is 11.6 Å². The van der Waals surface area contributed by atoms with Crippen molar-refractivity contribution in [3.8, 4) is 0 Å². The molecule has 2 heteroatoms. The van der Waals surface area contributed by atoms with E-state index in [2.05, 4.69) is 41.5 Å². The van der Waals surface area contributed by atoms with Crippen molar-refractivity contribution in [1.29, 1.82) is 0 Å². The maximum Gasteiger partial charge on any atom is 0.155 e. The number of rotatable bonds is 6. The van der Waals surface area contributed by atoms with Crippen molar-refractivity contribution in [3.63, 3.8) is 0 Å². The Morgan fingerprint density at radius 1 is 1.06 bits per heavy atom. The van der Waals surface area contributed by atoms with Gasteiger partial charge in [-0.25, -0.2) is 0 Å². The average molecular weight is 429 g/mol. The lowest BCUT2D eigenvalue weighted by Crippen LogP contribution is -2.51. The number of hydrogen-bond acceptors (Lipinski definition) is 2. The maximum atomic E-state index is 12.1. The van der Waals surface area contributed by atoms with Crippen molar-refractivity contribution in [1.82, 2.24) is 0 Å². The molecule has 0 aromatic rings. The van der Waals surface area contributed by atoms with E-state index in [1.54, 1.807) is 0 Å². The van der Waals surface area contributed by atoms with Crippen LogP contribution in [0.15, 0.2) is 11.6 Å². The van der Waals surface area contributed by atoms with E-state index in [1.807, 2.05) is 6.08 Å². The van der Waals surface area contributed by atoms with Gasteiger partial charge in [0.25, 0.3) is 0 Å². The number of ketones is 1. The fourth-order valence-electron chi connectivity index (χ4n) is 9.09. The number of allylic oxidation sites excluding steroid dienone is 1. The summed E-state index contributed by atoms with van der Waals surface area (Å²) in [7, 11) is 0. The molecule has 4 aliphatic rings. The molecule has 0 unspecified atom stereocenters. The molecule has 176 valence electrons. The summed E-state index contributed by atoms with van der Waals surface area (Å²) in [6.07, 6.45) is 14.9. The second kappa shape index (κ2) is 8.30. The molecule has 0 heterocycles. The third-order valence-electron chi connectivity index (χ3n) is 11.4. The first-order chi connectivity index (χ1) is 14.5. The smallest absolute Gasteiger partial charge is 0.155 e. The molecule has 31 heavy (non-hydrogen) atoms. The van der Waals surface area contributed by atoms with Gasteiger partial charge in [-0.05, 0) is 117 Å². The highest BCUT2D eigenvalue weighted by Crippen LogP contribution is 2.67. The Labute approximate surface area is 191 Å². The van der Waals surface area contributed by atoms with Crippen LogP contribution in [0.5, 0.6) is 0 Å². The van der Waals surface area contributed by atoms with E-state index in [-0.39, 0.29) is 5.41 Å². The van der Waals surface area contributed by atoms with Crippen LogP contribution in [-0.4, -0.2) is 16.5 Å². The fraction of sp³-hybridized carbons (Fsp3) is 0.897. The van der Waals surface area contributed by atoms with Gasteiger partial charge in [-0.15, -0.1) is 0 Å². The quantitative estimate of drug-likeness (QED) is 0.480. The minimum atomic E-state index is -0.496. The Morgan fingerprint density at radius 3 is 2.48 bits per heavy atom. The van der Waals surface area contributed by atoms with Gasteiger partial charge in [-0.3, -0.25) is 4.79 Å². The molecule has 4 aliphatic carbocycles. The van der Waals surface area contributed by atoms with Crippen LogP contribution < -0.4 is 0 Å². The van der Waals surface area contributed by atoms with Gasteiger partial charge in [0.15, 0.2) is 5.78 Å². The Hall–Kier alpha value is -0.630. The Bertz CT molecular complexity index is 722. The monoisotopic (exact) mass is 428 g/mol. The van der Waals surface area contributed by atoms with E-state index < -0.39 is 5.60 Å². The second-order valence-electron chi connectivity index (χ2n) is 12.8. The SMILES string of the molecule is CC[C@](O)(CC[C@@H](C)[C@H]1CC[C@H]2[C@@H]3CCC4=CC(=O)CC[C@]4(C)[C@H]3CC[C@]12C)C(C)C. The predicted octanol–water partition coefficient (Wildman–Crippen LogP) is 7.35. The lowest BCUT2D eigenvalue weighted by molar-refractivity contribution is -0.117. The first kappa shape index (κ1) is 23.5. The molecule has 3 saturated carbocycles. The molecule has 0 spiro atoms. The van der Waals surface area contributed by atoms with Crippen molar-refractivity contribution < 1.29 is 9.90 Å². The Balaban J connectivity index is 1.48. The van der Waals surface area contributed by atoms with Crippen LogP contribution in [0.4, 0.5) is 0 Å². The predicted molar refractivity (Wildman–Crippen MR) is 129 cm³/mol. The summed E-state index contributed by atoms with van der Waals surface area (Å²) in [5.41, 5.74) is 1.76. The molecule has 1 N–H and O–H groups in total. The lowest BCUT2D eigenvalue weighted by atomic mass is 9.46. The molecule has 4 rings (SSSR count). The zero-order chi connectivity index (χ0) is 22.6. The molecule has 0 saturated heterocycles. The van der Waals surface area contributed by atoms with Crippen LogP contribution in [-0.2, 0) is 4.79 Å². The van der Waals surface area contributed by atoms with Gasteiger partial charge >= 0.3 is 0 Å².